The molecule has 5 rings (SSSR count). The number of aromatic nitrogens is 1. The number of benzene rings is 3. The van der Waals surface area contributed by atoms with Crippen LogP contribution in [0.15, 0.2) is 66.7 Å². The lowest BCUT2D eigenvalue weighted by molar-refractivity contribution is -0.386. The van der Waals surface area contributed by atoms with Gasteiger partial charge >= 0.3 is 0 Å². The van der Waals surface area contributed by atoms with Crippen LogP contribution in [-0.2, 0) is 24.2 Å². The fraction of sp³-hybridized carbons (Fsp3) is 0.222. The predicted octanol–water partition coefficient (Wildman–Crippen LogP) is 3.59. The molecule has 0 saturated carbocycles. The van der Waals surface area contributed by atoms with E-state index < -0.39 is 6.04 Å². The molecule has 1 aromatic heterocycles. The summed E-state index contributed by atoms with van der Waals surface area (Å²) < 4.78 is 5.48. The van der Waals surface area contributed by atoms with E-state index in [1.165, 1.54) is 11.5 Å². The molecular weight excluding hydrogens is 444 g/mol. The van der Waals surface area contributed by atoms with Crippen LogP contribution in [0.4, 0.5) is 5.69 Å². The number of nitrogens with one attached hydrogen (secondary N) is 1. The number of aryl methyl sites for hydroxylation is 1. The lowest BCUT2D eigenvalue weighted by Gasteiger charge is -2.35. The largest absolute Gasteiger partial charge is 0.354 e. The van der Waals surface area contributed by atoms with Gasteiger partial charge in [-0.05, 0) is 66.3 Å². The molecule has 7 heteroatoms. The Morgan fingerprint density at radius 1 is 1.12 bits per heavy atom. The maximum absolute atomic E-state index is 13.6. The zero-order valence-electron chi connectivity index (χ0n) is 19.1. The van der Waals surface area contributed by atoms with E-state index in [-0.39, 0.29) is 11.8 Å². The maximum atomic E-state index is 13.6. The molecule has 0 bridgehead atoms. The Labute approximate surface area is 202 Å². The lowest BCUT2D eigenvalue weighted by Crippen LogP contribution is -2.51. The molecule has 3 aromatic carbocycles. The normalized spacial score (nSPS) is 14.2. The first kappa shape index (κ1) is 22.3. The minimum Gasteiger partial charge on any atom is -0.354 e. The third-order valence-corrected chi connectivity index (χ3v) is 7.36. The second-order valence-electron chi connectivity index (χ2n) is 8.66. The Morgan fingerprint density at radius 2 is 1.94 bits per heavy atom. The van der Waals surface area contributed by atoms with Crippen LogP contribution >= 0.6 is 11.5 Å². The van der Waals surface area contributed by atoms with Gasteiger partial charge in [-0.15, -0.1) is 0 Å². The van der Waals surface area contributed by atoms with Gasteiger partial charge in [-0.25, -0.2) is 0 Å². The van der Waals surface area contributed by atoms with Gasteiger partial charge in [-0.3, -0.25) is 9.59 Å². The molecule has 4 aromatic rings. The average molecular weight is 472 g/mol. The van der Waals surface area contributed by atoms with E-state index in [4.69, 9.17) is 0 Å². The first-order valence-electron chi connectivity index (χ1n) is 11.5. The second kappa shape index (κ2) is 9.37. The summed E-state index contributed by atoms with van der Waals surface area (Å²) in [4.78, 5) is 28.8. The molecule has 1 atom stereocenters. The molecular formula is C27H27N4O2S+. The van der Waals surface area contributed by atoms with E-state index in [1.54, 1.807) is 4.90 Å². The summed E-state index contributed by atoms with van der Waals surface area (Å²) in [5, 5.41) is 4.10. The number of quaternary nitrogens is 1. The van der Waals surface area contributed by atoms with Crippen molar-refractivity contribution in [3.05, 3.63) is 94.7 Å². The Balaban J connectivity index is 1.45. The van der Waals surface area contributed by atoms with Crippen molar-refractivity contribution in [3.63, 3.8) is 0 Å². The molecule has 0 radical (unpaired) electrons. The molecule has 6 nitrogen and oxygen atoms in total. The van der Waals surface area contributed by atoms with Gasteiger partial charge in [0.1, 0.15) is 6.04 Å². The number of anilines is 1. The van der Waals surface area contributed by atoms with Crippen molar-refractivity contribution in [3.8, 4) is 0 Å². The first-order chi connectivity index (χ1) is 16.5. The summed E-state index contributed by atoms with van der Waals surface area (Å²) in [7, 11) is 0. The molecule has 2 amide bonds. The van der Waals surface area contributed by atoms with Gasteiger partial charge in [-0.2, -0.15) is 4.37 Å². The predicted molar refractivity (Wildman–Crippen MR) is 135 cm³/mol. The molecule has 2 heterocycles. The zero-order chi connectivity index (χ0) is 23.7. The smallest absolute Gasteiger partial charge is 0.254 e. The number of amides is 2. The maximum Gasteiger partial charge on any atom is 0.254 e. The molecule has 0 spiro atoms. The fourth-order valence-electron chi connectivity index (χ4n) is 4.56. The van der Waals surface area contributed by atoms with Crippen molar-refractivity contribution in [1.29, 1.82) is 0 Å². The van der Waals surface area contributed by atoms with Crippen molar-refractivity contribution in [1.82, 2.24) is 9.27 Å². The summed E-state index contributed by atoms with van der Waals surface area (Å²) in [6.45, 7) is 3.16. The molecule has 0 unspecified atom stereocenters. The second-order valence-corrected chi connectivity index (χ2v) is 9.47. The fourth-order valence-corrected chi connectivity index (χ4v) is 5.32. The molecule has 34 heavy (non-hydrogen) atoms. The molecule has 0 saturated heterocycles. The van der Waals surface area contributed by atoms with E-state index in [2.05, 4.69) is 21.5 Å². The van der Waals surface area contributed by atoms with Crippen LogP contribution < -0.4 is 11.1 Å². The summed E-state index contributed by atoms with van der Waals surface area (Å²) in [6.07, 6.45) is 1.17. The van der Waals surface area contributed by atoms with Crippen LogP contribution in [0, 0.1) is 6.92 Å². The van der Waals surface area contributed by atoms with Crippen LogP contribution in [0.2, 0.25) is 0 Å². The van der Waals surface area contributed by atoms with Crippen molar-refractivity contribution in [2.24, 2.45) is 0 Å². The van der Waals surface area contributed by atoms with Gasteiger partial charge in [0.2, 0.25) is 5.91 Å². The van der Waals surface area contributed by atoms with Crippen molar-refractivity contribution in [2.75, 3.05) is 11.9 Å². The Hall–Kier alpha value is -3.55. The minimum atomic E-state index is -0.618. The quantitative estimate of drug-likeness (QED) is 0.450. The van der Waals surface area contributed by atoms with E-state index >= 15 is 0 Å². The number of hydrogen-bond acceptors (Lipinski definition) is 4. The monoisotopic (exact) mass is 471 g/mol. The van der Waals surface area contributed by atoms with Crippen LogP contribution in [0.25, 0.3) is 10.1 Å². The highest BCUT2D eigenvalue weighted by Gasteiger charge is 2.34. The molecule has 0 fully saturated rings. The van der Waals surface area contributed by atoms with Gasteiger partial charge in [0.15, 0.2) is 0 Å². The minimum absolute atomic E-state index is 0.0960. The highest BCUT2D eigenvalue weighted by atomic mass is 32.1. The van der Waals surface area contributed by atoms with Gasteiger partial charge in [-0.1, -0.05) is 36.4 Å². The van der Waals surface area contributed by atoms with Crippen molar-refractivity contribution >= 4 is 39.1 Å². The third kappa shape index (κ3) is 4.32. The van der Waals surface area contributed by atoms with Crippen molar-refractivity contribution < 1.29 is 15.3 Å². The zero-order valence-corrected chi connectivity index (χ0v) is 19.9. The molecule has 4 N–H and O–H groups in total. The Morgan fingerprint density at radius 3 is 2.74 bits per heavy atom. The van der Waals surface area contributed by atoms with Gasteiger partial charge in [0.25, 0.3) is 5.91 Å². The van der Waals surface area contributed by atoms with E-state index in [0.29, 0.717) is 30.8 Å². The summed E-state index contributed by atoms with van der Waals surface area (Å²) in [5.41, 5.74) is 9.45. The van der Waals surface area contributed by atoms with E-state index in [1.807, 2.05) is 67.6 Å². The Bertz CT molecular complexity index is 1370. The Kier molecular flexibility index (Phi) is 6.13. The van der Waals surface area contributed by atoms with Crippen LogP contribution in [0.3, 0.4) is 0 Å². The number of carbonyl (C=O) groups is 2. The third-order valence-electron chi connectivity index (χ3n) is 6.44. The highest BCUT2D eigenvalue weighted by molar-refractivity contribution is 7.13. The van der Waals surface area contributed by atoms with Gasteiger partial charge in [0.05, 0.1) is 16.9 Å². The van der Waals surface area contributed by atoms with Gasteiger partial charge in [0, 0.05) is 35.2 Å². The molecule has 1 aliphatic heterocycles. The molecule has 1 aliphatic rings. The van der Waals surface area contributed by atoms with Crippen LogP contribution in [0.5, 0.6) is 0 Å². The number of carbonyl (C=O) groups excluding carboxylic acids is 2. The summed E-state index contributed by atoms with van der Waals surface area (Å²) >= 11 is 1.45. The van der Waals surface area contributed by atoms with E-state index in [0.717, 1.165) is 38.9 Å². The van der Waals surface area contributed by atoms with Crippen molar-refractivity contribution in [2.45, 2.75) is 32.4 Å². The summed E-state index contributed by atoms with van der Waals surface area (Å²) in [5.74, 6) is -0.281. The molecule has 172 valence electrons. The van der Waals surface area contributed by atoms with E-state index in [9.17, 15) is 9.59 Å². The van der Waals surface area contributed by atoms with Crippen LogP contribution in [-0.4, -0.2) is 33.7 Å². The van der Waals surface area contributed by atoms with Gasteiger partial charge < -0.3 is 16.0 Å². The number of nitrogens with zero attached hydrogens (tertiary/aromatic N) is 2. The number of fused-ring (bicyclic) bond motifs is 2. The topological polar surface area (TPSA) is 89.9 Å². The first-order valence-corrected chi connectivity index (χ1v) is 12.2. The lowest BCUT2D eigenvalue weighted by atomic mass is 9.94. The summed E-state index contributed by atoms with van der Waals surface area (Å²) in [6, 6.07) is 21.0. The average Bonchev–Trinajstić information content (AvgIpc) is 3.23. The van der Waals surface area contributed by atoms with Crippen LogP contribution in [0.1, 0.15) is 32.7 Å². The highest BCUT2D eigenvalue weighted by Crippen LogP contribution is 2.27. The number of hydrogen-bond donors (Lipinski definition) is 2. The standard InChI is InChI=1S/C27H26N4O2S/c1-17-23-15-21(8-10-25(23)34-30-17)29-26(32)24(14-18-5-3-2-4-6-18)31-12-11-20-13-19(16-28)7-9-22(20)27(31)33/h2-10,13,15,24H,11-12,14,16,28H2,1H3,(H,29,32)/p+1/t24-/m0/s1. The molecule has 0 aliphatic carbocycles. The number of rotatable bonds is 6. The SMILES string of the molecule is Cc1nsc2ccc(NC(=O)[C@H](Cc3ccccc3)N3CCc4cc(C[NH3+])ccc4C3=O)cc12.